The molecule has 0 atom stereocenters. The predicted octanol–water partition coefficient (Wildman–Crippen LogP) is 3.82. The van der Waals surface area contributed by atoms with E-state index in [4.69, 9.17) is 0 Å². The summed E-state index contributed by atoms with van der Waals surface area (Å²) in [4.78, 5) is 11.8. The highest BCUT2D eigenvalue weighted by Gasteiger charge is 2.35. The highest BCUT2D eigenvalue weighted by Crippen LogP contribution is 2.43. The second-order valence-electron chi connectivity index (χ2n) is 4.53. The van der Waals surface area contributed by atoms with Gasteiger partial charge in [0.25, 0.3) is 5.91 Å². The summed E-state index contributed by atoms with van der Waals surface area (Å²) in [6.45, 7) is 3.04. The van der Waals surface area contributed by atoms with E-state index in [0.717, 1.165) is 15.9 Å². The van der Waals surface area contributed by atoms with E-state index in [1.165, 1.54) is 25.7 Å². The Labute approximate surface area is 109 Å². The quantitative estimate of drug-likeness (QED) is 0.900. The molecule has 0 saturated heterocycles. The van der Waals surface area contributed by atoms with Crippen molar-refractivity contribution in [3.05, 3.63) is 20.8 Å². The molecule has 1 amide bonds. The Hall–Kier alpha value is -0.350. The van der Waals surface area contributed by atoms with Crippen molar-refractivity contribution in [1.82, 2.24) is 5.32 Å². The van der Waals surface area contributed by atoms with E-state index < -0.39 is 0 Å². The SMILES string of the molecule is CCC1(CNC(=O)c2csc(Br)c2)CCC1. The van der Waals surface area contributed by atoms with Gasteiger partial charge in [-0.2, -0.15) is 0 Å². The first-order chi connectivity index (χ1) is 7.65. The van der Waals surface area contributed by atoms with Crippen molar-refractivity contribution in [2.75, 3.05) is 6.54 Å². The van der Waals surface area contributed by atoms with Gasteiger partial charge in [-0.3, -0.25) is 4.79 Å². The Bertz CT molecular complexity index is 379. The Morgan fingerprint density at radius 1 is 1.62 bits per heavy atom. The number of thiophene rings is 1. The summed E-state index contributed by atoms with van der Waals surface area (Å²) in [5.74, 6) is 0.0571. The van der Waals surface area contributed by atoms with Crippen molar-refractivity contribution in [2.45, 2.75) is 32.6 Å². The van der Waals surface area contributed by atoms with Gasteiger partial charge in [-0.1, -0.05) is 13.3 Å². The maximum absolute atomic E-state index is 11.8. The average molecular weight is 302 g/mol. The molecule has 2 nitrogen and oxygen atoms in total. The van der Waals surface area contributed by atoms with Crippen molar-refractivity contribution in [2.24, 2.45) is 5.41 Å². The molecule has 0 unspecified atom stereocenters. The molecule has 88 valence electrons. The summed E-state index contributed by atoms with van der Waals surface area (Å²) in [5, 5.41) is 4.94. The Balaban J connectivity index is 1.88. The fourth-order valence-corrected chi connectivity index (χ4v) is 3.27. The number of hydrogen-bond donors (Lipinski definition) is 1. The number of nitrogens with one attached hydrogen (secondary N) is 1. The maximum atomic E-state index is 11.8. The molecule has 1 N–H and O–H groups in total. The van der Waals surface area contributed by atoms with Crippen LogP contribution in [0.2, 0.25) is 0 Å². The van der Waals surface area contributed by atoms with Crippen LogP contribution in [0.4, 0.5) is 0 Å². The van der Waals surface area contributed by atoms with Gasteiger partial charge in [0.15, 0.2) is 0 Å². The summed E-state index contributed by atoms with van der Waals surface area (Å²) in [6, 6.07) is 1.87. The van der Waals surface area contributed by atoms with Gasteiger partial charge in [0.2, 0.25) is 0 Å². The summed E-state index contributed by atoms with van der Waals surface area (Å²) < 4.78 is 1.01. The summed E-state index contributed by atoms with van der Waals surface area (Å²) in [7, 11) is 0. The molecule has 1 fully saturated rings. The minimum absolute atomic E-state index is 0.0571. The molecule has 0 bridgehead atoms. The fraction of sp³-hybridized carbons (Fsp3) is 0.583. The number of carbonyl (C=O) groups is 1. The molecule has 0 spiro atoms. The molecule has 0 radical (unpaired) electrons. The van der Waals surface area contributed by atoms with Crippen LogP contribution in [0.15, 0.2) is 15.2 Å². The van der Waals surface area contributed by atoms with Gasteiger partial charge in [-0.25, -0.2) is 0 Å². The van der Waals surface area contributed by atoms with Crippen molar-refractivity contribution >= 4 is 33.2 Å². The average Bonchev–Trinajstić information content (AvgIpc) is 2.64. The van der Waals surface area contributed by atoms with Crippen LogP contribution in [0.5, 0.6) is 0 Å². The van der Waals surface area contributed by atoms with Crippen molar-refractivity contribution in [3.8, 4) is 0 Å². The van der Waals surface area contributed by atoms with Gasteiger partial charge in [-0.05, 0) is 46.7 Å². The topological polar surface area (TPSA) is 29.1 Å². The molecule has 4 heteroatoms. The van der Waals surface area contributed by atoms with E-state index in [1.807, 2.05) is 11.4 Å². The zero-order valence-corrected chi connectivity index (χ0v) is 11.8. The van der Waals surface area contributed by atoms with E-state index in [1.54, 1.807) is 11.3 Å². The molecule has 0 aliphatic heterocycles. The van der Waals surface area contributed by atoms with Crippen molar-refractivity contribution in [1.29, 1.82) is 0 Å². The molecule has 0 aromatic carbocycles. The van der Waals surface area contributed by atoms with E-state index in [9.17, 15) is 4.79 Å². The number of halogens is 1. The number of carbonyl (C=O) groups excluding carboxylic acids is 1. The molecule has 1 aromatic heterocycles. The van der Waals surface area contributed by atoms with Crippen LogP contribution < -0.4 is 5.32 Å². The van der Waals surface area contributed by atoms with Crippen LogP contribution in [-0.2, 0) is 0 Å². The van der Waals surface area contributed by atoms with Gasteiger partial charge in [0, 0.05) is 11.9 Å². The van der Waals surface area contributed by atoms with Gasteiger partial charge in [0.1, 0.15) is 0 Å². The Kier molecular flexibility index (Phi) is 3.70. The number of hydrogen-bond acceptors (Lipinski definition) is 2. The molecular weight excluding hydrogens is 286 g/mol. The lowest BCUT2D eigenvalue weighted by molar-refractivity contribution is 0.0850. The van der Waals surface area contributed by atoms with Crippen molar-refractivity contribution < 1.29 is 4.79 Å². The summed E-state index contributed by atoms with van der Waals surface area (Å²) >= 11 is 4.92. The first-order valence-corrected chi connectivity index (χ1v) is 7.35. The first-order valence-electron chi connectivity index (χ1n) is 5.67. The smallest absolute Gasteiger partial charge is 0.252 e. The number of amides is 1. The molecular formula is C12H16BrNOS. The molecule has 1 aliphatic rings. The molecule has 1 aliphatic carbocycles. The van der Waals surface area contributed by atoms with Crippen LogP contribution in [0.25, 0.3) is 0 Å². The predicted molar refractivity (Wildman–Crippen MR) is 70.9 cm³/mol. The maximum Gasteiger partial charge on any atom is 0.252 e. The van der Waals surface area contributed by atoms with Gasteiger partial charge >= 0.3 is 0 Å². The molecule has 1 aromatic rings. The van der Waals surface area contributed by atoms with Gasteiger partial charge in [-0.15, -0.1) is 11.3 Å². The van der Waals surface area contributed by atoms with E-state index in [2.05, 4.69) is 28.2 Å². The summed E-state index contributed by atoms with van der Waals surface area (Å²) in [5.41, 5.74) is 1.16. The van der Waals surface area contributed by atoms with Gasteiger partial charge in [0.05, 0.1) is 9.35 Å². The van der Waals surface area contributed by atoms with Crippen LogP contribution >= 0.6 is 27.3 Å². The summed E-state index contributed by atoms with van der Waals surface area (Å²) in [6.07, 6.45) is 5.00. The largest absolute Gasteiger partial charge is 0.351 e. The van der Waals surface area contributed by atoms with Crippen molar-refractivity contribution in [3.63, 3.8) is 0 Å². The Morgan fingerprint density at radius 3 is 2.81 bits per heavy atom. The van der Waals surface area contributed by atoms with E-state index in [-0.39, 0.29) is 5.91 Å². The zero-order valence-electron chi connectivity index (χ0n) is 9.38. The van der Waals surface area contributed by atoms with E-state index >= 15 is 0 Å². The third kappa shape index (κ3) is 2.48. The fourth-order valence-electron chi connectivity index (χ4n) is 2.13. The van der Waals surface area contributed by atoms with Crippen LogP contribution in [0.1, 0.15) is 43.0 Å². The lowest BCUT2D eigenvalue weighted by Crippen LogP contribution is -2.41. The monoisotopic (exact) mass is 301 g/mol. The van der Waals surface area contributed by atoms with E-state index in [0.29, 0.717) is 5.41 Å². The normalized spacial score (nSPS) is 17.9. The lowest BCUT2D eigenvalue weighted by Gasteiger charge is -2.41. The van der Waals surface area contributed by atoms with Crippen LogP contribution in [0, 0.1) is 5.41 Å². The Morgan fingerprint density at radius 2 is 2.38 bits per heavy atom. The molecule has 2 rings (SSSR count). The standard InChI is InChI=1S/C12H16BrNOS/c1-2-12(4-3-5-12)8-14-11(15)9-6-10(13)16-7-9/h6-7H,2-5,8H2,1H3,(H,14,15). The van der Waals surface area contributed by atoms with Crippen LogP contribution in [0.3, 0.4) is 0 Å². The third-order valence-corrected chi connectivity index (χ3v) is 5.12. The third-order valence-electron chi connectivity index (χ3n) is 3.62. The second kappa shape index (κ2) is 4.88. The second-order valence-corrected chi connectivity index (χ2v) is 6.82. The molecule has 1 heterocycles. The van der Waals surface area contributed by atoms with Gasteiger partial charge < -0.3 is 5.32 Å². The first kappa shape index (κ1) is 12.1. The zero-order chi connectivity index (χ0) is 11.6. The molecule has 1 saturated carbocycles. The minimum atomic E-state index is 0.0571. The van der Waals surface area contributed by atoms with Crippen LogP contribution in [-0.4, -0.2) is 12.5 Å². The minimum Gasteiger partial charge on any atom is -0.351 e. The lowest BCUT2D eigenvalue weighted by atomic mass is 9.67. The highest BCUT2D eigenvalue weighted by atomic mass is 79.9. The number of rotatable bonds is 4. The molecule has 16 heavy (non-hydrogen) atoms. The highest BCUT2D eigenvalue weighted by molar-refractivity contribution is 9.11.